The summed E-state index contributed by atoms with van der Waals surface area (Å²) in [6.45, 7) is 0. The van der Waals surface area contributed by atoms with E-state index < -0.39 is 5.91 Å². The number of aromatic hydroxyl groups is 1. The molecule has 0 spiro atoms. The van der Waals surface area contributed by atoms with Crippen LogP contribution in [0.1, 0.15) is 10.4 Å². The molecule has 19 heavy (non-hydrogen) atoms. The van der Waals surface area contributed by atoms with Gasteiger partial charge in [-0.2, -0.15) is 0 Å². The first-order valence-corrected chi connectivity index (χ1v) is 6.19. The predicted octanol–water partition coefficient (Wildman–Crippen LogP) is 2.04. The highest BCUT2D eigenvalue weighted by molar-refractivity contribution is 7.09. The largest absolute Gasteiger partial charge is 0.507 e. The van der Waals surface area contributed by atoms with Crippen molar-refractivity contribution in [1.82, 2.24) is 14.8 Å². The third kappa shape index (κ3) is 2.23. The van der Waals surface area contributed by atoms with Crippen LogP contribution in [-0.4, -0.2) is 25.8 Å². The maximum absolute atomic E-state index is 12.0. The Balaban J connectivity index is 1.99. The fourth-order valence-electron chi connectivity index (χ4n) is 1.76. The van der Waals surface area contributed by atoms with Crippen molar-refractivity contribution < 1.29 is 9.90 Å². The molecule has 7 heteroatoms. The Morgan fingerprint density at radius 1 is 1.21 bits per heavy atom. The molecule has 0 radical (unpaired) electrons. The maximum Gasteiger partial charge on any atom is 0.261 e. The lowest BCUT2D eigenvalue weighted by Gasteiger charge is -2.06. The van der Waals surface area contributed by atoms with Crippen LogP contribution in [0.3, 0.4) is 0 Å². The zero-order chi connectivity index (χ0) is 13.2. The lowest BCUT2D eigenvalue weighted by atomic mass is 10.1. The number of anilines is 1. The van der Waals surface area contributed by atoms with Crippen LogP contribution in [-0.2, 0) is 0 Å². The van der Waals surface area contributed by atoms with Crippen LogP contribution >= 0.6 is 11.5 Å². The smallest absolute Gasteiger partial charge is 0.261 e. The molecule has 0 fully saturated rings. The summed E-state index contributed by atoms with van der Waals surface area (Å²) in [6, 6.07) is 10.7. The molecular weight excluding hydrogens is 264 g/mol. The number of phenols is 1. The third-order valence-corrected chi connectivity index (χ3v) is 3.14. The molecule has 1 amide bonds. The maximum atomic E-state index is 12.0. The number of rotatable bonds is 2. The highest BCUT2D eigenvalue weighted by Gasteiger charge is 2.14. The second kappa shape index (κ2) is 4.62. The van der Waals surface area contributed by atoms with E-state index in [-0.39, 0.29) is 16.4 Å². The van der Waals surface area contributed by atoms with Crippen molar-refractivity contribution in [3.05, 3.63) is 42.0 Å². The van der Waals surface area contributed by atoms with Crippen LogP contribution in [0.25, 0.3) is 10.8 Å². The fourth-order valence-corrected chi connectivity index (χ4v) is 2.12. The quantitative estimate of drug-likeness (QED) is 0.745. The van der Waals surface area contributed by atoms with E-state index in [1.807, 2.05) is 24.3 Å². The van der Waals surface area contributed by atoms with Gasteiger partial charge in [0.2, 0.25) is 5.13 Å². The summed E-state index contributed by atoms with van der Waals surface area (Å²) >= 11 is 0.970. The zero-order valence-electron chi connectivity index (χ0n) is 9.57. The van der Waals surface area contributed by atoms with Crippen LogP contribution in [0, 0.1) is 0 Å². The van der Waals surface area contributed by atoms with E-state index in [0.717, 1.165) is 22.3 Å². The molecule has 1 aromatic heterocycles. The molecule has 3 rings (SSSR count). The number of fused-ring (bicyclic) bond motifs is 1. The first-order chi connectivity index (χ1) is 9.24. The second-order valence-electron chi connectivity index (χ2n) is 3.84. The summed E-state index contributed by atoms with van der Waals surface area (Å²) in [5, 5.41) is 21.5. The molecule has 0 unspecified atom stereocenters. The van der Waals surface area contributed by atoms with Gasteiger partial charge in [-0.1, -0.05) is 33.9 Å². The van der Waals surface area contributed by atoms with Gasteiger partial charge in [-0.25, -0.2) is 0 Å². The molecular formula is C12H8N4O2S. The van der Waals surface area contributed by atoms with Gasteiger partial charge in [0.05, 0.1) is 5.56 Å². The lowest BCUT2D eigenvalue weighted by molar-refractivity contribution is 0.102. The van der Waals surface area contributed by atoms with Crippen molar-refractivity contribution in [3.8, 4) is 5.75 Å². The molecule has 0 aliphatic heterocycles. The van der Waals surface area contributed by atoms with Gasteiger partial charge in [-0.3, -0.25) is 10.1 Å². The average molecular weight is 272 g/mol. The van der Waals surface area contributed by atoms with Crippen molar-refractivity contribution in [3.63, 3.8) is 0 Å². The molecule has 1 heterocycles. The number of carbonyl (C=O) groups excluding carboxylic acids is 1. The Bertz CT molecular complexity index is 743. The van der Waals surface area contributed by atoms with Gasteiger partial charge >= 0.3 is 0 Å². The zero-order valence-corrected chi connectivity index (χ0v) is 10.4. The summed E-state index contributed by atoms with van der Waals surface area (Å²) in [6.07, 6.45) is 0. The number of hydrogen-bond acceptors (Lipinski definition) is 6. The van der Waals surface area contributed by atoms with E-state index in [9.17, 15) is 9.90 Å². The van der Waals surface area contributed by atoms with Gasteiger partial charge in [-0.15, -0.1) is 0 Å². The van der Waals surface area contributed by atoms with Gasteiger partial charge in [0.15, 0.2) is 0 Å². The number of amides is 1. The molecule has 0 bridgehead atoms. The van der Waals surface area contributed by atoms with Crippen molar-refractivity contribution >= 4 is 33.3 Å². The number of aromatic nitrogens is 3. The number of benzene rings is 2. The Hall–Kier alpha value is -2.54. The number of carbonyl (C=O) groups is 1. The Morgan fingerprint density at radius 2 is 1.95 bits per heavy atom. The monoisotopic (exact) mass is 272 g/mol. The topological polar surface area (TPSA) is 88.0 Å². The van der Waals surface area contributed by atoms with Gasteiger partial charge in [0.1, 0.15) is 5.75 Å². The molecule has 3 aromatic rings. The summed E-state index contributed by atoms with van der Waals surface area (Å²) in [7, 11) is 0. The normalized spacial score (nSPS) is 10.5. The standard InChI is InChI=1S/C12H8N4O2S/c17-10-6-8-4-2-1-3-7(8)5-9(10)11(18)13-12-14-15-16-19-12/h1-6,17H,(H,13,14,16,18). The van der Waals surface area contributed by atoms with Gasteiger partial charge < -0.3 is 5.11 Å². The van der Waals surface area contributed by atoms with E-state index in [0.29, 0.717) is 0 Å². The number of nitrogens with one attached hydrogen (secondary N) is 1. The number of phenolic OH excluding ortho intramolecular Hbond substituents is 1. The lowest BCUT2D eigenvalue weighted by Crippen LogP contribution is -2.12. The van der Waals surface area contributed by atoms with Crippen LogP contribution in [0.2, 0.25) is 0 Å². The molecule has 6 nitrogen and oxygen atoms in total. The summed E-state index contributed by atoms with van der Waals surface area (Å²) in [4.78, 5) is 12.0. The minimum atomic E-state index is -0.443. The van der Waals surface area contributed by atoms with Crippen molar-refractivity contribution in [2.75, 3.05) is 5.32 Å². The molecule has 0 aliphatic rings. The summed E-state index contributed by atoms with van der Waals surface area (Å²) in [5.74, 6) is -0.518. The Labute approximate surface area is 111 Å². The van der Waals surface area contributed by atoms with Crippen LogP contribution < -0.4 is 5.32 Å². The van der Waals surface area contributed by atoms with Crippen molar-refractivity contribution in [1.29, 1.82) is 0 Å². The summed E-state index contributed by atoms with van der Waals surface area (Å²) in [5.41, 5.74) is 0.189. The number of nitrogens with zero attached hydrogens (tertiary/aromatic N) is 3. The van der Waals surface area contributed by atoms with Gasteiger partial charge in [0.25, 0.3) is 5.91 Å². The first-order valence-electron chi connectivity index (χ1n) is 5.42. The summed E-state index contributed by atoms with van der Waals surface area (Å²) < 4.78 is 3.54. The minimum Gasteiger partial charge on any atom is -0.507 e. The Kier molecular flexibility index (Phi) is 2.81. The fraction of sp³-hybridized carbons (Fsp3) is 0. The molecule has 94 valence electrons. The van der Waals surface area contributed by atoms with E-state index in [4.69, 9.17) is 0 Å². The molecule has 2 aromatic carbocycles. The molecule has 0 atom stereocenters. The van der Waals surface area contributed by atoms with Crippen LogP contribution in [0.15, 0.2) is 36.4 Å². The van der Waals surface area contributed by atoms with Crippen LogP contribution in [0.4, 0.5) is 5.13 Å². The second-order valence-corrected chi connectivity index (χ2v) is 4.57. The van der Waals surface area contributed by atoms with Gasteiger partial charge in [-0.05, 0) is 28.1 Å². The van der Waals surface area contributed by atoms with E-state index in [1.165, 1.54) is 0 Å². The molecule has 2 N–H and O–H groups in total. The number of hydrogen-bond donors (Lipinski definition) is 2. The average Bonchev–Trinajstić information content (AvgIpc) is 2.90. The third-order valence-electron chi connectivity index (χ3n) is 2.63. The SMILES string of the molecule is O=C(Nc1nnns1)c1cc2ccccc2cc1O. The molecule has 0 aliphatic carbocycles. The highest BCUT2D eigenvalue weighted by atomic mass is 32.1. The first kappa shape index (κ1) is 11.5. The van der Waals surface area contributed by atoms with Crippen molar-refractivity contribution in [2.45, 2.75) is 0 Å². The predicted molar refractivity (Wildman–Crippen MR) is 71.3 cm³/mol. The van der Waals surface area contributed by atoms with E-state index in [1.54, 1.807) is 12.1 Å². The van der Waals surface area contributed by atoms with Crippen molar-refractivity contribution in [2.24, 2.45) is 0 Å². The molecule has 0 saturated carbocycles. The van der Waals surface area contributed by atoms with E-state index in [2.05, 4.69) is 20.1 Å². The molecule has 0 saturated heterocycles. The van der Waals surface area contributed by atoms with E-state index >= 15 is 0 Å². The highest BCUT2D eigenvalue weighted by Crippen LogP contribution is 2.25. The van der Waals surface area contributed by atoms with Gasteiger partial charge in [0, 0.05) is 11.5 Å². The Morgan fingerprint density at radius 3 is 2.63 bits per heavy atom. The van der Waals surface area contributed by atoms with Crippen LogP contribution in [0.5, 0.6) is 5.75 Å². The minimum absolute atomic E-state index is 0.0753.